The van der Waals surface area contributed by atoms with Crippen LogP contribution in [-0.2, 0) is 6.54 Å². The minimum absolute atomic E-state index is 0.283. The second-order valence-corrected chi connectivity index (χ2v) is 5.37. The lowest BCUT2D eigenvalue weighted by atomic mass is 10.2. The minimum Gasteiger partial charge on any atom is -0.493 e. The first-order chi connectivity index (χ1) is 12.2. The summed E-state index contributed by atoms with van der Waals surface area (Å²) in [6, 6.07) is 15.2. The number of hydrogen-bond acceptors (Lipinski definition) is 3. The molecule has 0 aliphatic carbocycles. The van der Waals surface area contributed by atoms with Crippen LogP contribution in [-0.4, -0.2) is 22.3 Å². The number of carbonyl (C=O) groups excluding carboxylic acids is 1. The predicted molar refractivity (Wildman–Crippen MR) is 93.3 cm³/mol. The van der Waals surface area contributed by atoms with Gasteiger partial charge in [0.25, 0.3) is 5.91 Å². The van der Waals surface area contributed by atoms with Crippen LogP contribution in [0.4, 0.5) is 10.2 Å². The molecule has 6 heteroatoms. The van der Waals surface area contributed by atoms with Crippen LogP contribution in [0.5, 0.6) is 5.75 Å². The van der Waals surface area contributed by atoms with Crippen LogP contribution in [0.3, 0.4) is 0 Å². The van der Waals surface area contributed by atoms with E-state index in [1.54, 1.807) is 53.3 Å². The summed E-state index contributed by atoms with van der Waals surface area (Å²) in [5.41, 5.74) is 0.971. The lowest BCUT2D eigenvalue weighted by molar-refractivity contribution is 0.102. The molecule has 25 heavy (non-hydrogen) atoms. The molecule has 0 atom stereocenters. The third-order valence-corrected chi connectivity index (χ3v) is 3.60. The zero-order valence-corrected chi connectivity index (χ0v) is 13.8. The summed E-state index contributed by atoms with van der Waals surface area (Å²) in [5.74, 6) is 0.329. The third-order valence-electron chi connectivity index (χ3n) is 3.60. The molecule has 1 heterocycles. The highest BCUT2D eigenvalue weighted by atomic mass is 19.1. The highest BCUT2D eigenvalue weighted by Crippen LogP contribution is 2.19. The molecule has 2 aromatic carbocycles. The fourth-order valence-electron chi connectivity index (χ4n) is 2.44. The largest absolute Gasteiger partial charge is 0.493 e. The van der Waals surface area contributed by atoms with Crippen LogP contribution in [0.25, 0.3) is 0 Å². The van der Waals surface area contributed by atoms with Gasteiger partial charge in [0, 0.05) is 17.8 Å². The maximum atomic E-state index is 13.7. The molecule has 128 valence electrons. The molecule has 0 bridgehead atoms. The van der Waals surface area contributed by atoms with Crippen LogP contribution in [0, 0.1) is 5.82 Å². The van der Waals surface area contributed by atoms with E-state index in [0.29, 0.717) is 29.3 Å². The molecule has 0 spiro atoms. The minimum atomic E-state index is -0.305. The molecule has 0 saturated heterocycles. The number of nitrogens with one attached hydrogen (secondary N) is 1. The lowest BCUT2D eigenvalue weighted by Crippen LogP contribution is -2.14. The summed E-state index contributed by atoms with van der Waals surface area (Å²) < 4.78 is 20.7. The molecule has 1 amide bonds. The molecule has 1 N–H and O–H groups in total. The summed E-state index contributed by atoms with van der Waals surface area (Å²) >= 11 is 0. The molecule has 0 unspecified atom stereocenters. The average Bonchev–Trinajstić information content (AvgIpc) is 3.05. The number of ether oxygens (including phenoxy) is 1. The topological polar surface area (TPSA) is 56.1 Å². The number of halogens is 1. The summed E-state index contributed by atoms with van der Waals surface area (Å²) in [5, 5.41) is 7.00. The van der Waals surface area contributed by atoms with Gasteiger partial charge in [0.1, 0.15) is 11.6 Å². The quantitative estimate of drug-likeness (QED) is 0.745. The van der Waals surface area contributed by atoms with Gasteiger partial charge in [0.2, 0.25) is 0 Å². The number of amides is 1. The highest BCUT2D eigenvalue weighted by molar-refractivity contribution is 6.05. The van der Waals surface area contributed by atoms with Crippen LogP contribution in [0.2, 0.25) is 0 Å². The molecular weight excluding hydrogens is 321 g/mol. The van der Waals surface area contributed by atoms with E-state index in [4.69, 9.17) is 4.74 Å². The fourth-order valence-corrected chi connectivity index (χ4v) is 2.44. The molecule has 3 rings (SSSR count). The van der Waals surface area contributed by atoms with Crippen molar-refractivity contribution in [1.82, 2.24) is 9.78 Å². The van der Waals surface area contributed by atoms with Gasteiger partial charge in [-0.15, -0.1) is 0 Å². The van der Waals surface area contributed by atoms with E-state index in [0.717, 1.165) is 0 Å². The maximum Gasteiger partial charge on any atom is 0.260 e. The number of hydrogen-bond donors (Lipinski definition) is 1. The Bertz CT molecular complexity index is 876. The molecule has 0 fully saturated rings. The first kappa shape index (κ1) is 16.7. The van der Waals surface area contributed by atoms with E-state index in [9.17, 15) is 9.18 Å². The Morgan fingerprint density at radius 1 is 1.16 bits per heavy atom. The molecule has 1 aromatic heterocycles. The van der Waals surface area contributed by atoms with Crippen molar-refractivity contribution in [2.45, 2.75) is 13.5 Å². The molecule has 3 aromatic rings. The second-order valence-electron chi connectivity index (χ2n) is 5.37. The van der Waals surface area contributed by atoms with Crippen molar-refractivity contribution in [2.75, 3.05) is 11.9 Å². The summed E-state index contributed by atoms with van der Waals surface area (Å²) in [6.07, 6.45) is 1.69. The summed E-state index contributed by atoms with van der Waals surface area (Å²) in [7, 11) is 0. The summed E-state index contributed by atoms with van der Waals surface area (Å²) in [4.78, 5) is 12.4. The van der Waals surface area contributed by atoms with E-state index in [1.165, 1.54) is 6.07 Å². The number of benzene rings is 2. The Kier molecular flexibility index (Phi) is 5.09. The second kappa shape index (κ2) is 7.61. The SMILES string of the molecule is CCOc1ccccc1C(=O)Nc1ccn(Cc2ccccc2F)n1. The lowest BCUT2D eigenvalue weighted by Gasteiger charge is -2.09. The number of anilines is 1. The fraction of sp³-hybridized carbons (Fsp3) is 0.158. The van der Waals surface area contributed by atoms with Crippen molar-refractivity contribution in [1.29, 1.82) is 0 Å². The number of aromatic nitrogens is 2. The number of carbonyl (C=O) groups is 1. The predicted octanol–water partition coefficient (Wildman–Crippen LogP) is 3.72. The van der Waals surface area contributed by atoms with Gasteiger partial charge in [0.15, 0.2) is 5.82 Å². The smallest absolute Gasteiger partial charge is 0.260 e. The van der Waals surface area contributed by atoms with Crippen molar-refractivity contribution >= 4 is 11.7 Å². The normalized spacial score (nSPS) is 10.5. The van der Waals surface area contributed by atoms with E-state index < -0.39 is 0 Å². The van der Waals surface area contributed by atoms with Crippen molar-refractivity contribution in [3.63, 3.8) is 0 Å². The van der Waals surface area contributed by atoms with E-state index in [-0.39, 0.29) is 18.3 Å². The third kappa shape index (κ3) is 4.03. The number of para-hydroxylation sites is 1. The van der Waals surface area contributed by atoms with E-state index >= 15 is 0 Å². The molecule has 5 nitrogen and oxygen atoms in total. The van der Waals surface area contributed by atoms with Crippen LogP contribution in [0.15, 0.2) is 60.8 Å². The van der Waals surface area contributed by atoms with Crippen LogP contribution >= 0.6 is 0 Å². The molecule has 0 aliphatic rings. The van der Waals surface area contributed by atoms with Crippen molar-refractivity contribution in [3.05, 3.63) is 77.7 Å². The average molecular weight is 339 g/mol. The van der Waals surface area contributed by atoms with Gasteiger partial charge in [-0.3, -0.25) is 9.48 Å². The Balaban J connectivity index is 1.71. The van der Waals surface area contributed by atoms with Crippen molar-refractivity contribution in [3.8, 4) is 5.75 Å². The Labute approximate surface area is 145 Å². The molecule has 0 saturated carbocycles. The maximum absolute atomic E-state index is 13.7. The Morgan fingerprint density at radius 3 is 2.72 bits per heavy atom. The van der Waals surface area contributed by atoms with Crippen molar-refractivity contribution < 1.29 is 13.9 Å². The van der Waals surface area contributed by atoms with E-state index in [2.05, 4.69) is 10.4 Å². The first-order valence-corrected chi connectivity index (χ1v) is 7.97. The van der Waals surface area contributed by atoms with Crippen molar-refractivity contribution in [2.24, 2.45) is 0 Å². The highest BCUT2D eigenvalue weighted by Gasteiger charge is 2.13. The van der Waals surface area contributed by atoms with Gasteiger partial charge in [-0.2, -0.15) is 5.10 Å². The van der Waals surface area contributed by atoms with Gasteiger partial charge >= 0.3 is 0 Å². The van der Waals surface area contributed by atoms with E-state index in [1.807, 2.05) is 13.0 Å². The zero-order valence-electron chi connectivity index (χ0n) is 13.8. The molecule has 0 radical (unpaired) electrons. The number of nitrogens with zero attached hydrogens (tertiary/aromatic N) is 2. The molecular formula is C19H18FN3O2. The monoisotopic (exact) mass is 339 g/mol. The van der Waals surface area contributed by atoms with Crippen LogP contribution < -0.4 is 10.1 Å². The Morgan fingerprint density at radius 2 is 1.92 bits per heavy atom. The first-order valence-electron chi connectivity index (χ1n) is 7.97. The number of rotatable bonds is 6. The summed E-state index contributed by atoms with van der Waals surface area (Å²) in [6.45, 7) is 2.62. The zero-order chi connectivity index (χ0) is 17.6. The van der Waals surface area contributed by atoms with Gasteiger partial charge < -0.3 is 10.1 Å². The van der Waals surface area contributed by atoms with Gasteiger partial charge in [0.05, 0.1) is 18.7 Å². The standard InChI is InChI=1S/C19H18FN3O2/c1-2-25-17-10-6-4-8-15(17)19(24)21-18-11-12-23(22-18)13-14-7-3-5-9-16(14)20/h3-12H,2,13H2,1H3,(H,21,22,24). The van der Waals surface area contributed by atoms with Gasteiger partial charge in [-0.25, -0.2) is 4.39 Å². The van der Waals surface area contributed by atoms with Crippen LogP contribution in [0.1, 0.15) is 22.8 Å². The molecule has 0 aliphatic heterocycles. The Hall–Kier alpha value is -3.15. The van der Waals surface area contributed by atoms with Gasteiger partial charge in [-0.05, 0) is 25.1 Å². The van der Waals surface area contributed by atoms with Gasteiger partial charge in [-0.1, -0.05) is 30.3 Å².